The molecular weight excluding hydrogens is 184 g/mol. The van der Waals surface area contributed by atoms with E-state index in [4.69, 9.17) is 25.5 Å². The molecule has 0 saturated heterocycles. The van der Waals surface area contributed by atoms with Crippen molar-refractivity contribution >= 4 is 6.29 Å². The molecule has 80 valence electrons. The second-order valence-electron chi connectivity index (χ2n) is 2.36. The maximum atomic E-state index is 9.90. The van der Waals surface area contributed by atoms with Crippen LogP contribution in [0.3, 0.4) is 0 Å². The summed E-state index contributed by atoms with van der Waals surface area (Å²) in [5.41, 5.74) is 0. The standard InChI is InChI=1S/C6H12O6.H2O/c7-1-3(9)5(11)6(12)4(10)2-8;/h1,3-6,8-12H,2H2;1H2. The minimum absolute atomic E-state index is 0. The zero-order valence-electron chi connectivity index (χ0n) is 6.74. The molecule has 13 heavy (non-hydrogen) atoms. The molecule has 0 aliphatic heterocycles. The molecule has 0 radical (unpaired) electrons. The van der Waals surface area contributed by atoms with Gasteiger partial charge < -0.3 is 35.8 Å². The molecule has 0 fully saturated rings. The predicted octanol–water partition coefficient (Wildman–Crippen LogP) is -4.20. The lowest BCUT2D eigenvalue weighted by Gasteiger charge is -2.22. The van der Waals surface area contributed by atoms with Crippen LogP contribution in [0.25, 0.3) is 0 Å². The van der Waals surface area contributed by atoms with Crippen molar-refractivity contribution in [2.75, 3.05) is 6.61 Å². The Morgan fingerprint density at radius 1 is 1.08 bits per heavy atom. The van der Waals surface area contributed by atoms with Gasteiger partial charge in [0.15, 0.2) is 6.29 Å². The highest BCUT2D eigenvalue weighted by atomic mass is 16.4. The second kappa shape index (κ2) is 6.89. The second-order valence-corrected chi connectivity index (χ2v) is 2.36. The van der Waals surface area contributed by atoms with E-state index in [1.54, 1.807) is 0 Å². The van der Waals surface area contributed by atoms with E-state index in [1.165, 1.54) is 0 Å². The fourth-order valence-corrected chi connectivity index (χ4v) is 0.618. The Bertz CT molecular complexity index is 139. The molecule has 4 unspecified atom stereocenters. The Balaban J connectivity index is 0. The average molecular weight is 198 g/mol. The van der Waals surface area contributed by atoms with Gasteiger partial charge in [-0.15, -0.1) is 0 Å². The molecule has 0 aromatic rings. The molecule has 4 atom stereocenters. The third kappa shape index (κ3) is 4.27. The minimum Gasteiger partial charge on any atom is -0.412 e. The summed E-state index contributed by atoms with van der Waals surface area (Å²) in [6.45, 7) is -0.760. The van der Waals surface area contributed by atoms with Crippen LogP contribution in [0, 0.1) is 0 Å². The van der Waals surface area contributed by atoms with Crippen molar-refractivity contribution < 1.29 is 35.8 Å². The number of hydrogen-bond donors (Lipinski definition) is 5. The lowest BCUT2D eigenvalue weighted by Crippen LogP contribution is -2.46. The number of aliphatic hydroxyl groups excluding tert-OH is 5. The van der Waals surface area contributed by atoms with Crippen molar-refractivity contribution in [3.63, 3.8) is 0 Å². The van der Waals surface area contributed by atoms with Crippen molar-refractivity contribution in [2.24, 2.45) is 0 Å². The van der Waals surface area contributed by atoms with Crippen LogP contribution >= 0.6 is 0 Å². The van der Waals surface area contributed by atoms with Gasteiger partial charge in [0.05, 0.1) is 6.61 Å². The smallest absolute Gasteiger partial charge is 0.151 e. The van der Waals surface area contributed by atoms with Gasteiger partial charge in [-0.05, 0) is 0 Å². The molecule has 0 aliphatic carbocycles. The van der Waals surface area contributed by atoms with Gasteiger partial charge in [0, 0.05) is 0 Å². The van der Waals surface area contributed by atoms with Gasteiger partial charge in [0.25, 0.3) is 0 Å². The van der Waals surface area contributed by atoms with Gasteiger partial charge in [-0.25, -0.2) is 0 Å². The van der Waals surface area contributed by atoms with Gasteiger partial charge in [-0.2, -0.15) is 0 Å². The van der Waals surface area contributed by atoms with E-state index in [9.17, 15) is 4.79 Å². The first-order valence-electron chi connectivity index (χ1n) is 3.33. The van der Waals surface area contributed by atoms with Crippen molar-refractivity contribution in [1.82, 2.24) is 0 Å². The predicted molar refractivity (Wildman–Crippen MR) is 40.8 cm³/mol. The summed E-state index contributed by atoms with van der Waals surface area (Å²) in [6.07, 6.45) is -6.84. The molecular formula is C6H14O7. The van der Waals surface area contributed by atoms with Crippen LogP contribution in [0.4, 0.5) is 0 Å². The van der Waals surface area contributed by atoms with Gasteiger partial charge >= 0.3 is 0 Å². The summed E-state index contributed by atoms with van der Waals surface area (Å²) in [4.78, 5) is 9.90. The first-order valence-corrected chi connectivity index (χ1v) is 3.33. The van der Waals surface area contributed by atoms with Crippen LogP contribution in [0.15, 0.2) is 0 Å². The van der Waals surface area contributed by atoms with Crippen LogP contribution in [0.1, 0.15) is 0 Å². The number of carbonyl (C=O) groups is 1. The monoisotopic (exact) mass is 198 g/mol. The number of aldehydes is 1. The Labute approximate surface area is 74.2 Å². The quantitative estimate of drug-likeness (QED) is 0.283. The number of hydrogen-bond acceptors (Lipinski definition) is 6. The Morgan fingerprint density at radius 2 is 1.54 bits per heavy atom. The molecule has 0 aromatic heterocycles. The molecule has 0 aliphatic rings. The fraction of sp³-hybridized carbons (Fsp3) is 0.833. The molecule has 7 N–H and O–H groups in total. The molecule has 0 amide bonds. The van der Waals surface area contributed by atoms with E-state index >= 15 is 0 Å². The van der Waals surface area contributed by atoms with Crippen molar-refractivity contribution in [1.29, 1.82) is 0 Å². The Kier molecular flexibility index (Phi) is 7.92. The normalized spacial score (nSPS) is 19.5. The summed E-state index contributed by atoms with van der Waals surface area (Å²) in [7, 11) is 0. The van der Waals surface area contributed by atoms with Crippen molar-refractivity contribution in [3.05, 3.63) is 0 Å². The van der Waals surface area contributed by atoms with Crippen LogP contribution in [0.2, 0.25) is 0 Å². The lowest BCUT2D eigenvalue weighted by atomic mass is 10.0. The summed E-state index contributed by atoms with van der Waals surface area (Å²) in [6, 6.07) is 0. The number of aliphatic hydroxyl groups is 5. The maximum absolute atomic E-state index is 9.90. The van der Waals surface area contributed by atoms with Crippen LogP contribution in [0.5, 0.6) is 0 Å². The highest BCUT2D eigenvalue weighted by Gasteiger charge is 2.29. The third-order valence-corrected chi connectivity index (χ3v) is 1.42. The summed E-state index contributed by atoms with van der Waals surface area (Å²) in [5, 5.41) is 43.5. The molecule has 0 aromatic carbocycles. The topological polar surface area (TPSA) is 150 Å². The van der Waals surface area contributed by atoms with E-state index < -0.39 is 31.0 Å². The molecule has 0 heterocycles. The number of carbonyl (C=O) groups excluding carboxylic acids is 1. The van der Waals surface area contributed by atoms with E-state index in [2.05, 4.69) is 0 Å². The first kappa shape index (κ1) is 14.9. The van der Waals surface area contributed by atoms with Gasteiger partial charge in [-0.3, -0.25) is 0 Å². The average Bonchev–Trinajstić information content (AvgIpc) is 2.12. The van der Waals surface area contributed by atoms with Gasteiger partial charge in [0.2, 0.25) is 0 Å². The van der Waals surface area contributed by atoms with Gasteiger partial charge in [0.1, 0.15) is 24.4 Å². The molecule has 0 spiro atoms. The number of rotatable bonds is 5. The molecule has 7 heteroatoms. The Hall–Kier alpha value is -0.570. The summed E-state index contributed by atoms with van der Waals surface area (Å²) in [5.74, 6) is 0. The zero-order valence-corrected chi connectivity index (χ0v) is 6.74. The molecule has 0 saturated carbocycles. The summed E-state index contributed by atoms with van der Waals surface area (Å²) < 4.78 is 0. The molecule has 0 rings (SSSR count). The first-order chi connectivity index (χ1) is 5.54. The Morgan fingerprint density at radius 3 is 1.85 bits per heavy atom. The largest absolute Gasteiger partial charge is 0.412 e. The minimum atomic E-state index is -1.79. The highest BCUT2D eigenvalue weighted by Crippen LogP contribution is 2.02. The van der Waals surface area contributed by atoms with E-state index in [1.807, 2.05) is 0 Å². The van der Waals surface area contributed by atoms with E-state index in [0.717, 1.165) is 0 Å². The molecule has 7 nitrogen and oxygen atoms in total. The molecule has 0 bridgehead atoms. The van der Waals surface area contributed by atoms with Gasteiger partial charge in [-0.1, -0.05) is 0 Å². The SMILES string of the molecule is O.O=CC(O)C(O)C(O)C(O)CO. The van der Waals surface area contributed by atoms with Crippen molar-refractivity contribution in [3.8, 4) is 0 Å². The van der Waals surface area contributed by atoms with E-state index in [-0.39, 0.29) is 11.8 Å². The fourth-order valence-electron chi connectivity index (χ4n) is 0.618. The van der Waals surface area contributed by atoms with E-state index in [0.29, 0.717) is 0 Å². The van der Waals surface area contributed by atoms with Crippen molar-refractivity contribution in [2.45, 2.75) is 24.4 Å². The maximum Gasteiger partial charge on any atom is 0.151 e. The zero-order chi connectivity index (χ0) is 9.72. The lowest BCUT2D eigenvalue weighted by molar-refractivity contribution is -0.136. The third-order valence-electron chi connectivity index (χ3n) is 1.42. The summed E-state index contributed by atoms with van der Waals surface area (Å²) >= 11 is 0. The van der Waals surface area contributed by atoms with Crippen LogP contribution in [-0.2, 0) is 4.79 Å². The van der Waals surface area contributed by atoms with Crippen LogP contribution in [-0.4, -0.2) is 68.3 Å². The highest BCUT2D eigenvalue weighted by molar-refractivity contribution is 5.56. The van der Waals surface area contributed by atoms with Crippen LogP contribution < -0.4 is 0 Å².